The van der Waals surface area contributed by atoms with Gasteiger partial charge in [-0.25, -0.2) is 9.59 Å². The third-order valence-electron chi connectivity index (χ3n) is 4.18. The van der Waals surface area contributed by atoms with E-state index in [9.17, 15) is 19.5 Å². The van der Waals surface area contributed by atoms with Crippen LogP contribution in [0.3, 0.4) is 0 Å². The molecular formula is C20H24N2O5. The van der Waals surface area contributed by atoms with Gasteiger partial charge in [-0.3, -0.25) is 14.7 Å². The van der Waals surface area contributed by atoms with Crippen LogP contribution in [0.4, 0.5) is 10.5 Å². The number of carbonyl (C=O) groups excluding carboxylic acids is 1. The number of nitrogens with zero attached hydrogens (tertiary/aromatic N) is 1. The van der Waals surface area contributed by atoms with Crippen molar-refractivity contribution in [3.8, 4) is 0 Å². The van der Waals surface area contributed by atoms with Crippen molar-refractivity contribution in [2.75, 3.05) is 5.32 Å². The molecule has 1 aromatic carbocycles. The van der Waals surface area contributed by atoms with E-state index in [4.69, 9.17) is 4.74 Å². The Hall–Kier alpha value is -3.09. The number of rotatable bonds is 8. The third-order valence-corrected chi connectivity index (χ3v) is 4.18. The average molecular weight is 372 g/mol. The predicted octanol–water partition coefficient (Wildman–Crippen LogP) is 3.59. The second kappa shape index (κ2) is 9.56. The van der Waals surface area contributed by atoms with Crippen LogP contribution >= 0.6 is 0 Å². The molecular weight excluding hydrogens is 348 g/mol. The Morgan fingerprint density at radius 2 is 1.89 bits per heavy atom. The predicted molar refractivity (Wildman–Crippen MR) is 102 cm³/mol. The van der Waals surface area contributed by atoms with E-state index in [1.807, 2.05) is 37.3 Å². The molecule has 0 saturated heterocycles. The van der Waals surface area contributed by atoms with Crippen LogP contribution in [0.25, 0.3) is 0 Å². The number of carbonyl (C=O) groups is 2. The quantitative estimate of drug-likeness (QED) is 0.738. The number of unbranched alkanes of at least 4 members (excludes halogenated alkanes) is 1. The van der Waals surface area contributed by atoms with Crippen molar-refractivity contribution in [1.29, 1.82) is 0 Å². The number of carboxylic acid groups (broad SMARTS) is 1. The Bertz CT molecular complexity index is 845. The van der Waals surface area contributed by atoms with Gasteiger partial charge in [-0.1, -0.05) is 43.7 Å². The minimum atomic E-state index is -1.11. The maximum Gasteiger partial charge on any atom is 0.412 e. The number of carboxylic acids is 1. The number of amides is 1. The summed E-state index contributed by atoms with van der Waals surface area (Å²) in [7, 11) is 0. The second-order valence-electron chi connectivity index (χ2n) is 6.22. The van der Waals surface area contributed by atoms with E-state index < -0.39 is 23.7 Å². The van der Waals surface area contributed by atoms with Gasteiger partial charge < -0.3 is 9.84 Å². The zero-order chi connectivity index (χ0) is 19.8. The zero-order valence-electron chi connectivity index (χ0n) is 15.5. The first kappa shape index (κ1) is 20.2. The van der Waals surface area contributed by atoms with Gasteiger partial charge in [0.2, 0.25) is 0 Å². The summed E-state index contributed by atoms with van der Waals surface area (Å²) in [5.74, 6) is -1.11. The standard InChI is InChI=1S/C20H24N2O5/c1-3-4-10-16-11-12-17(18(23)22(16)14(2)19(24)25)21-20(26)27-13-15-8-6-5-7-9-15/h5-9,11-12,14H,3-4,10,13H2,1-2H3,(H,21,26)(H,24,25). The van der Waals surface area contributed by atoms with E-state index in [1.165, 1.54) is 17.6 Å². The Morgan fingerprint density at radius 1 is 1.19 bits per heavy atom. The van der Waals surface area contributed by atoms with Crippen molar-refractivity contribution in [2.24, 2.45) is 0 Å². The topological polar surface area (TPSA) is 97.6 Å². The molecule has 1 unspecified atom stereocenters. The highest BCUT2D eigenvalue weighted by atomic mass is 16.5. The van der Waals surface area contributed by atoms with E-state index in [2.05, 4.69) is 5.32 Å². The number of anilines is 1. The first-order chi connectivity index (χ1) is 12.9. The van der Waals surface area contributed by atoms with Gasteiger partial charge in [0.05, 0.1) is 0 Å². The number of hydrogen-bond acceptors (Lipinski definition) is 4. The smallest absolute Gasteiger partial charge is 0.412 e. The molecule has 0 aliphatic heterocycles. The number of benzene rings is 1. The number of hydrogen-bond donors (Lipinski definition) is 2. The molecule has 7 heteroatoms. The summed E-state index contributed by atoms with van der Waals surface area (Å²) in [5, 5.41) is 11.7. The molecule has 2 N–H and O–H groups in total. The van der Waals surface area contributed by atoms with Gasteiger partial charge in [0, 0.05) is 5.69 Å². The van der Waals surface area contributed by atoms with Crippen LogP contribution in [0.1, 0.15) is 44.0 Å². The molecule has 0 bridgehead atoms. The van der Waals surface area contributed by atoms with Crippen molar-refractivity contribution < 1.29 is 19.4 Å². The van der Waals surface area contributed by atoms with Crippen LogP contribution in [-0.4, -0.2) is 21.7 Å². The molecule has 0 aliphatic rings. The van der Waals surface area contributed by atoms with Crippen LogP contribution in [0.2, 0.25) is 0 Å². The summed E-state index contributed by atoms with van der Waals surface area (Å²) in [5.41, 5.74) is 0.871. The fourth-order valence-corrected chi connectivity index (χ4v) is 2.65. The molecule has 7 nitrogen and oxygen atoms in total. The number of pyridine rings is 1. The Kier molecular flexibility index (Phi) is 7.16. The lowest BCUT2D eigenvalue weighted by Crippen LogP contribution is -2.33. The highest BCUT2D eigenvalue weighted by molar-refractivity contribution is 5.84. The maximum atomic E-state index is 12.7. The fraction of sp³-hybridized carbons (Fsp3) is 0.350. The van der Waals surface area contributed by atoms with E-state index in [-0.39, 0.29) is 12.3 Å². The lowest BCUT2D eigenvalue weighted by atomic mass is 10.1. The summed E-state index contributed by atoms with van der Waals surface area (Å²) in [6, 6.07) is 11.3. The van der Waals surface area contributed by atoms with E-state index >= 15 is 0 Å². The van der Waals surface area contributed by atoms with E-state index in [0.29, 0.717) is 12.1 Å². The Labute approximate surface area is 157 Å². The molecule has 144 valence electrons. The molecule has 27 heavy (non-hydrogen) atoms. The van der Waals surface area contributed by atoms with Crippen molar-refractivity contribution in [1.82, 2.24) is 4.57 Å². The van der Waals surface area contributed by atoms with Crippen molar-refractivity contribution >= 4 is 17.7 Å². The largest absolute Gasteiger partial charge is 0.480 e. The van der Waals surface area contributed by atoms with Gasteiger partial charge in [-0.2, -0.15) is 0 Å². The number of aliphatic carboxylic acids is 1. The highest BCUT2D eigenvalue weighted by Crippen LogP contribution is 2.14. The van der Waals surface area contributed by atoms with Gasteiger partial charge in [-0.05, 0) is 37.5 Å². The first-order valence-electron chi connectivity index (χ1n) is 8.89. The monoisotopic (exact) mass is 372 g/mol. The molecule has 0 radical (unpaired) electrons. The summed E-state index contributed by atoms with van der Waals surface area (Å²) >= 11 is 0. The zero-order valence-corrected chi connectivity index (χ0v) is 15.5. The molecule has 0 saturated carbocycles. The van der Waals surface area contributed by atoms with Crippen LogP contribution in [-0.2, 0) is 22.6 Å². The minimum Gasteiger partial charge on any atom is -0.480 e. The van der Waals surface area contributed by atoms with Crippen LogP contribution in [0.15, 0.2) is 47.3 Å². The molecule has 2 rings (SSSR count). The van der Waals surface area contributed by atoms with Gasteiger partial charge in [0.15, 0.2) is 0 Å². The third kappa shape index (κ3) is 5.44. The number of aryl methyl sites for hydroxylation is 1. The number of aromatic nitrogens is 1. The van der Waals surface area contributed by atoms with Gasteiger partial charge in [0.1, 0.15) is 18.3 Å². The molecule has 1 aromatic heterocycles. The lowest BCUT2D eigenvalue weighted by Gasteiger charge is -2.18. The molecule has 2 aromatic rings. The number of nitrogens with one attached hydrogen (secondary N) is 1. The van der Waals surface area contributed by atoms with Crippen LogP contribution in [0, 0.1) is 0 Å². The summed E-state index contributed by atoms with van der Waals surface area (Å²) in [4.78, 5) is 36.1. The van der Waals surface area contributed by atoms with Gasteiger partial charge >= 0.3 is 12.1 Å². The first-order valence-corrected chi connectivity index (χ1v) is 8.89. The normalized spacial score (nSPS) is 11.6. The van der Waals surface area contributed by atoms with Gasteiger partial charge in [-0.15, -0.1) is 0 Å². The lowest BCUT2D eigenvalue weighted by molar-refractivity contribution is -0.140. The van der Waals surface area contributed by atoms with E-state index in [1.54, 1.807) is 6.07 Å². The van der Waals surface area contributed by atoms with Crippen LogP contribution in [0.5, 0.6) is 0 Å². The SMILES string of the molecule is CCCCc1ccc(NC(=O)OCc2ccccc2)c(=O)n1C(C)C(=O)O. The van der Waals surface area contributed by atoms with Crippen LogP contribution < -0.4 is 10.9 Å². The number of ether oxygens (including phenoxy) is 1. The highest BCUT2D eigenvalue weighted by Gasteiger charge is 2.20. The second-order valence-corrected chi connectivity index (χ2v) is 6.22. The molecule has 1 atom stereocenters. The van der Waals surface area contributed by atoms with Crippen molar-refractivity contribution in [3.05, 3.63) is 64.1 Å². The van der Waals surface area contributed by atoms with Crippen molar-refractivity contribution in [2.45, 2.75) is 45.8 Å². The minimum absolute atomic E-state index is 0.0126. The fourth-order valence-electron chi connectivity index (χ4n) is 2.65. The molecule has 1 heterocycles. The molecule has 0 fully saturated rings. The summed E-state index contributed by atoms with van der Waals surface area (Å²) < 4.78 is 6.33. The molecule has 0 aliphatic carbocycles. The van der Waals surface area contributed by atoms with Crippen molar-refractivity contribution in [3.63, 3.8) is 0 Å². The van der Waals surface area contributed by atoms with E-state index in [0.717, 1.165) is 18.4 Å². The van der Waals surface area contributed by atoms with Gasteiger partial charge in [0.25, 0.3) is 5.56 Å². The Balaban J connectivity index is 2.18. The summed E-state index contributed by atoms with van der Waals surface area (Å²) in [6.45, 7) is 3.53. The maximum absolute atomic E-state index is 12.7. The average Bonchev–Trinajstić information content (AvgIpc) is 2.67. The Morgan fingerprint density at radius 3 is 2.52 bits per heavy atom. The summed E-state index contributed by atoms with van der Waals surface area (Å²) in [6.07, 6.45) is 1.56. The molecule has 0 spiro atoms. The molecule has 1 amide bonds.